The van der Waals surface area contributed by atoms with Gasteiger partial charge in [0.15, 0.2) is 12.4 Å². The molecule has 3 aromatic rings. The van der Waals surface area contributed by atoms with E-state index in [1.165, 1.54) is 22.0 Å². The Labute approximate surface area is 101 Å². The SMILES string of the molecule is Cc1cc[n+](-c2cccc3ccccc23)cc1. The molecule has 0 amide bonds. The van der Waals surface area contributed by atoms with Gasteiger partial charge >= 0.3 is 0 Å². The summed E-state index contributed by atoms with van der Waals surface area (Å²) in [5.41, 5.74) is 2.50. The number of hydrogen-bond donors (Lipinski definition) is 0. The normalized spacial score (nSPS) is 10.6. The molecule has 0 bridgehead atoms. The first-order chi connectivity index (χ1) is 8.34. The van der Waals surface area contributed by atoms with E-state index in [-0.39, 0.29) is 0 Å². The zero-order chi connectivity index (χ0) is 11.7. The van der Waals surface area contributed by atoms with E-state index in [2.05, 4.69) is 78.5 Å². The largest absolute Gasteiger partial charge is 0.218 e. The van der Waals surface area contributed by atoms with Crippen LogP contribution in [-0.2, 0) is 0 Å². The highest BCUT2D eigenvalue weighted by molar-refractivity contribution is 5.88. The highest BCUT2D eigenvalue weighted by Crippen LogP contribution is 2.18. The summed E-state index contributed by atoms with van der Waals surface area (Å²) in [5, 5.41) is 2.56. The van der Waals surface area contributed by atoms with Gasteiger partial charge in [0.25, 0.3) is 0 Å². The van der Waals surface area contributed by atoms with Crippen LogP contribution in [0.1, 0.15) is 5.56 Å². The fourth-order valence-corrected chi connectivity index (χ4v) is 2.10. The summed E-state index contributed by atoms with van der Waals surface area (Å²) in [6.45, 7) is 2.10. The number of benzene rings is 2. The fourth-order valence-electron chi connectivity index (χ4n) is 2.10. The molecule has 0 aliphatic heterocycles. The summed E-state index contributed by atoms with van der Waals surface area (Å²) in [6.07, 6.45) is 4.22. The van der Waals surface area contributed by atoms with Crippen LogP contribution in [0.5, 0.6) is 0 Å². The third kappa shape index (κ3) is 1.80. The summed E-state index contributed by atoms with van der Waals surface area (Å²) >= 11 is 0. The maximum Gasteiger partial charge on any atom is 0.218 e. The summed E-state index contributed by atoms with van der Waals surface area (Å²) in [6, 6.07) is 19.1. The Hall–Kier alpha value is -2.15. The van der Waals surface area contributed by atoms with E-state index in [4.69, 9.17) is 0 Å². The Morgan fingerprint density at radius 1 is 0.765 bits per heavy atom. The van der Waals surface area contributed by atoms with Gasteiger partial charge in [-0.25, -0.2) is 0 Å². The van der Waals surface area contributed by atoms with Crippen molar-refractivity contribution in [2.75, 3.05) is 0 Å². The summed E-state index contributed by atoms with van der Waals surface area (Å²) in [5.74, 6) is 0. The van der Waals surface area contributed by atoms with E-state index in [1.54, 1.807) is 0 Å². The van der Waals surface area contributed by atoms with Gasteiger partial charge in [0.2, 0.25) is 5.69 Å². The molecule has 82 valence electrons. The van der Waals surface area contributed by atoms with Crippen LogP contribution in [-0.4, -0.2) is 0 Å². The standard InChI is InChI=1S/C16H14N/c1-13-9-11-17(12-10-13)16-8-4-6-14-5-2-3-7-15(14)16/h2-12H,1H3/q+1. The van der Waals surface area contributed by atoms with Crippen molar-refractivity contribution in [1.82, 2.24) is 0 Å². The third-order valence-electron chi connectivity index (χ3n) is 3.04. The third-order valence-corrected chi connectivity index (χ3v) is 3.04. The molecule has 3 rings (SSSR count). The molecule has 17 heavy (non-hydrogen) atoms. The molecule has 1 aromatic heterocycles. The topological polar surface area (TPSA) is 3.88 Å². The first-order valence-corrected chi connectivity index (χ1v) is 5.81. The van der Waals surface area contributed by atoms with Crippen molar-refractivity contribution in [3.8, 4) is 5.69 Å². The number of nitrogens with zero attached hydrogens (tertiary/aromatic N) is 1. The number of fused-ring (bicyclic) bond motifs is 1. The zero-order valence-corrected chi connectivity index (χ0v) is 9.80. The second-order valence-corrected chi connectivity index (χ2v) is 4.28. The minimum atomic E-state index is 1.23. The molecule has 0 saturated carbocycles. The van der Waals surface area contributed by atoms with Crippen LogP contribution >= 0.6 is 0 Å². The van der Waals surface area contributed by atoms with Gasteiger partial charge in [0, 0.05) is 18.2 Å². The highest BCUT2D eigenvalue weighted by Gasteiger charge is 2.09. The summed E-state index contributed by atoms with van der Waals surface area (Å²) in [4.78, 5) is 0. The Bertz CT molecular complexity index is 648. The smallest absolute Gasteiger partial charge is 0.167 e. The lowest BCUT2D eigenvalue weighted by atomic mass is 10.1. The van der Waals surface area contributed by atoms with Crippen molar-refractivity contribution in [3.05, 3.63) is 72.6 Å². The molecule has 0 spiro atoms. The van der Waals surface area contributed by atoms with Gasteiger partial charge in [0.05, 0.1) is 5.39 Å². The van der Waals surface area contributed by atoms with Gasteiger partial charge in [-0.05, 0) is 23.9 Å². The summed E-state index contributed by atoms with van der Waals surface area (Å²) in [7, 11) is 0. The van der Waals surface area contributed by atoms with E-state index in [1.807, 2.05) is 0 Å². The average Bonchev–Trinajstić information content (AvgIpc) is 2.39. The zero-order valence-electron chi connectivity index (χ0n) is 9.80. The molecule has 0 N–H and O–H groups in total. The van der Waals surface area contributed by atoms with Gasteiger partial charge in [-0.1, -0.05) is 30.3 Å². The minimum Gasteiger partial charge on any atom is -0.167 e. The quantitative estimate of drug-likeness (QED) is 0.553. The van der Waals surface area contributed by atoms with Gasteiger partial charge in [-0.3, -0.25) is 0 Å². The summed E-state index contributed by atoms with van der Waals surface area (Å²) < 4.78 is 2.16. The van der Waals surface area contributed by atoms with Crippen molar-refractivity contribution in [3.63, 3.8) is 0 Å². The fraction of sp³-hybridized carbons (Fsp3) is 0.0625. The predicted octanol–water partition coefficient (Wildman–Crippen LogP) is 3.42. The monoisotopic (exact) mass is 220 g/mol. The number of aromatic nitrogens is 1. The molecular formula is C16H14N+. The van der Waals surface area contributed by atoms with E-state index < -0.39 is 0 Å². The lowest BCUT2D eigenvalue weighted by Crippen LogP contribution is -2.29. The molecule has 0 aliphatic carbocycles. The first kappa shape index (κ1) is 10.0. The Morgan fingerprint density at radius 2 is 1.47 bits per heavy atom. The van der Waals surface area contributed by atoms with Crippen LogP contribution in [0, 0.1) is 6.92 Å². The van der Waals surface area contributed by atoms with Gasteiger partial charge in [-0.2, -0.15) is 4.57 Å². The van der Waals surface area contributed by atoms with Crippen molar-refractivity contribution in [1.29, 1.82) is 0 Å². The van der Waals surface area contributed by atoms with Crippen molar-refractivity contribution >= 4 is 10.8 Å². The van der Waals surface area contributed by atoms with Crippen LogP contribution in [0.25, 0.3) is 16.5 Å². The molecule has 0 saturated heterocycles. The Kier molecular flexibility index (Phi) is 2.37. The second-order valence-electron chi connectivity index (χ2n) is 4.28. The number of rotatable bonds is 1. The van der Waals surface area contributed by atoms with Crippen molar-refractivity contribution in [2.45, 2.75) is 6.92 Å². The Balaban J connectivity index is 2.27. The van der Waals surface area contributed by atoms with Crippen molar-refractivity contribution < 1.29 is 4.57 Å². The van der Waals surface area contributed by atoms with E-state index in [0.717, 1.165) is 0 Å². The van der Waals surface area contributed by atoms with E-state index in [9.17, 15) is 0 Å². The van der Waals surface area contributed by atoms with E-state index >= 15 is 0 Å². The van der Waals surface area contributed by atoms with Gasteiger partial charge < -0.3 is 0 Å². The molecule has 0 atom stereocenters. The van der Waals surface area contributed by atoms with Gasteiger partial charge in [-0.15, -0.1) is 0 Å². The lowest BCUT2D eigenvalue weighted by Gasteiger charge is -2.01. The molecule has 0 aliphatic rings. The molecule has 1 heterocycles. The van der Waals surface area contributed by atoms with Crippen LogP contribution in [0.3, 0.4) is 0 Å². The number of aryl methyl sites for hydroxylation is 1. The van der Waals surface area contributed by atoms with Crippen LogP contribution in [0.15, 0.2) is 67.0 Å². The molecule has 1 nitrogen and oxygen atoms in total. The second kappa shape index (κ2) is 4.02. The highest BCUT2D eigenvalue weighted by atomic mass is 14.9. The van der Waals surface area contributed by atoms with Crippen molar-refractivity contribution in [2.24, 2.45) is 0 Å². The molecule has 2 aromatic carbocycles. The number of pyridine rings is 1. The van der Waals surface area contributed by atoms with Crippen LogP contribution in [0.4, 0.5) is 0 Å². The first-order valence-electron chi connectivity index (χ1n) is 5.81. The molecular weight excluding hydrogens is 206 g/mol. The predicted molar refractivity (Wildman–Crippen MR) is 70.2 cm³/mol. The molecule has 0 unspecified atom stereocenters. The molecule has 1 heteroatoms. The molecule has 0 fully saturated rings. The minimum absolute atomic E-state index is 1.23. The lowest BCUT2D eigenvalue weighted by molar-refractivity contribution is -0.594. The maximum atomic E-state index is 2.16. The average molecular weight is 220 g/mol. The molecule has 0 radical (unpaired) electrons. The van der Waals surface area contributed by atoms with E-state index in [0.29, 0.717) is 0 Å². The van der Waals surface area contributed by atoms with Crippen LogP contribution < -0.4 is 4.57 Å². The Morgan fingerprint density at radius 3 is 2.29 bits per heavy atom. The number of hydrogen-bond acceptors (Lipinski definition) is 0. The van der Waals surface area contributed by atoms with Gasteiger partial charge in [0.1, 0.15) is 0 Å². The maximum absolute atomic E-state index is 2.16. The van der Waals surface area contributed by atoms with Crippen LogP contribution in [0.2, 0.25) is 0 Å².